The summed E-state index contributed by atoms with van der Waals surface area (Å²) in [5, 5.41) is 12.8. The van der Waals surface area contributed by atoms with E-state index < -0.39 is 11.9 Å². The van der Waals surface area contributed by atoms with Gasteiger partial charge in [-0.1, -0.05) is 11.6 Å². The summed E-state index contributed by atoms with van der Waals surface area (Å²) >= 11 is 7.62. The molecule has 1 amide bonds. The number of carbonyl (C=O) groups excluding carboxylic acids is 1. The standard InChI is InChI=1S/C16H16ClNO3S/c1-9-12(16(20)21)4-5-18(9)15(19)6-10-8-22-14-3-2-11(17)7-13(10)14/h2-3,7-9,12H,4-6H2,1H3,(H,20,21). The fourth-order valence-electron chi connectivity index (χ4n) is 3.08. The van der Waals surface area contributed by atoms with Gasteiger partial charge in [0.1, 0.15) is 0 Å². The maximum absolute atomic E-state index is 12.5. The van der Waals surface area contributed by atoms with Crippen molar-refractivity contribution in [2.45, 2.75) is 25.8 Å². The van der Waals surface area contributed by atoms with Gasteiger partial charge >= 0.3 is 5.97 Å². The number of fused-ring (bicyclic) bond motifs is 1. The number of thiophene rings is 1. The zero-order chi connectivity index (χ0) is 15.9. The topological polar surface area (TPSA) is 57.6 Å². The Balaban J connectivity index is 1.79. The SMILES string of the molecule is CC1C(C(=O)O)CCN1C(=O)Cc1csc2ccc(Cl)cc12. The van der Waals surface area contributed by atoms with Crippen LogP contribution in [-0.2, 0) is 16.0 Å². The molecule has 1 aliphatic heterocycles. The summed E-state index contributed by atoms with van der Waals surface area (Å²) in [5.41, 5.74) is 0.957. The molecule has 1 aliphatic rings. The monoisotopic (exact) mass is 337 g/mol. The zero-order valence-corrected chi connectivity index (χ0v) is 13.7. The number of carbonyl (C=O) groups is 2. The summed E-state index contributed by atoms with van der Waals surface area (Å²) in [7, 11) is 0. The molecule has 1 saturated heterocycles. The molecule has 3 rings (SSSR count). The largest absolute Gasteiger partial charge is 0.481 e. The van der Waals surface area contributed by atoms with Gasteiger partial charge in [-0.15, -0.1) is 11.3 Å². The minimum Gasteiger partial charge on any atom is -0.481 e. The summed E-state index contributed by atoms with van der Waals surface area (Å²) in [6, 6.07) is 5.42. The van der Waals surface area contributed by atoms with Gasteiger partial charge in [-0.3, -0.25) is 9.59 Å². The second kappa shape index (κ2) is 5.89. The lowest BCUT2D eigenvalue weighted by atomic mass is 10.0. The number of carboxylic acids is 1. The Hall–Kier alpha value is -1.59. The number of hydrogen-bond donors (Lipinski definition) is 1. The van der Waals surface area contributed by atoms with Gasteiger partial charge in [0, 0.05) is 22.3 Å². The molecule has 1 aromatic carbocycles. The van der Waals surface area contributed by atoms with Crippen molar-refractivity contribution in [1.29, 1.82) is 0 Å². The van der Waals surface area contributed by atoms with Gasteiger partial charge in [0.25, 0.3) is 0 Å². The lowest BCUT2D eigenvalue weighted by molar-refractivity contribution is -0.143. The van der Waals surface area contributed by atoms with Gasteiger partial charge in [-0.2, -0.15) is 0 Å². The number of likely N-dealkylation sites (tertiary alicyclic amines) is 1. The first-order valence-electron chi connectivity index (χ1n) is 7.15. The number of amides is 1. The molecular formula is C16H16ClNO3S. The molecule has 0 bridgehead atoms. The van der Waals surface area contributed by atoms with Crippen LogP contribution in [0.2, 0.25) is 5.02 Å². The van der Waals surface area contributed by atoms with Crippen LogP contribution in [0, 0.1) is 5.92 Å². The molecule has 0 saturated carbocycles. The Morgan fingerprint density at radius 3 is 2.91 bits per heavy atom. The van der Waals surface area contributed by atoms with E-state index in [0.717, 1.165) is 15.6 Å². The molecule has 22 heavy (non-hydrogen) atoms. The number of carboxylic acid groups (broad SMARTS) is 1. The Morgan fingerprint density at radius 2 is 2.23 bits per heavy atom. The van der Waals surface area contributed by atoms with E-state index in [1.807, 2.05) is 30.5 Å². The van der Waals surface area contributed by atoms with Crippen LogP contribution in [0.3, 0.4) is 0 Å². The van der Waals surface area contributed by atoms with Gasteiger partial charge in [0.15, 0.2) is 0 Å². The van der Waals surface area contributed by atoms with Gasteiger partial charge in [0.05, 0.1) is 12.3 Å². The first-order chi connectivity index (χ1) is 10.5. The summed E-state index contributed by atoms with van der Waals surface area (Å²) in [4.78, 5) is 25.4. The molecule has 116 valence electrons. The van der Waals surface area contributed by atoms with Crippen LogP contribution in [0.25, 0.3) is 10.1 Å². The molecule has 6 heteroatoms. The van der Waals surface area contributed by atoms with Gasteiger partial charge in [0.2, 0.25) is 5.91 Å². The lowest BCUT2D eigenvalue weighted by Gasteiger charge is -2.23. The number of benzene rings is 1. The van der Waals surface area contributed by atoms with Crippen LogP contribution >= 0.6 is 22.9 Å². The van der Waals surface area contributed by atoms with Gasteiger partial charge in [-0.25, -0.2) is 0 Å². The molecule has 1 fully saturated rings. The molecule has 4 nitrogen and oxygen atoms in total. The molecular weight excluding hydrogens is 322 g/mol. The van der Waals surface area contributed by atoms with Crippen molar-refractivity contribution >= 4 is 44.9 Å². The Bertz CT molecular complexity index is 742. The number of halogens is 1. The number of nitrogens with zero attached hydrogens (tertiary/aromatic N) is 1. The van der Waals surface area contributed by atoms with Crippen LogP contribution in [0.15, 0.2) is 23.6 Å². The van der Waals surface area contributed by atoms with Crippen molar-refractivity contribution in [1.82, 2.24) is 4.90 Å². The smallest absolute Gasteiger partial charge is 0.308 e. The first-order valence-corrected chi connectivity index (χ1v) is 8.41. The summed E-state index contributed by atoms with van der Waals surface area (Å²) < 4.78 is 1.10. The van der Waals surface area contributed by atoms with Crippen LogP contribution in [0.4, 0.5) is 0 Å². The van der Waals surface area contributed by atoms with E-state index in [9.17, 15) is 9.59 Å². The summed E-state index contributed by atoms with van der Waals surface area (Å²) in [6.45, 7) is 2.33. The number of aliphatic carboxylic acids is 1. The van der Waals surface area contributed by atoms with E-state index in [0.29, 0.717) is 18.0 Å². The average molecular weight is 338 g/mol. The van der Waals surface area contributed by atoms with Crippen molar-refractivity contribution in [2.24, 2.45) is 5.92 Å². The zero-order valence-electron chi connectivity index (χ0n) is 12.1. The van der Waals surface area contributed by atoms with Crippen molar-refractivity contribution < 1.29 is 14.7 Å². The number of rotatable bonds is 3. The quantitative estimate of drug-likeness (QED) is 0.933. The molecule has 1 aromatic heterocycles. The third-order valence-electron chi connectivity index (χ3n) is 4.35. The predicted octanol–water partition coefficient (Wildman–Crippen LogP) is 3.42. The molecule has 1 N–H and O–H groups in total. The molecule has 0 spiro atoms. The van der Waals surface area contributed by atoms with E-state index >= 15 is 0 Å². The lowest BCUT2D eigenvalue weighted by Crippen LogP contribution is -2.38. The van der Waals surface area contributed by atoms with Crippen molar-refractivity contribution in [3.05, 3.63) is 34.2 Å². The molecule has 2 aromatic rings. The molecule has 2 heterocycles. The maximum Gasteiger partial charge on any atom is 0.308 e. The maximum atomic E-state index is 12.5. The van der Waals surface area contributed by atoms with Crippen molar-refractivity contribution in [2.75, 3.05) is 6.54 Å². The van der Waals surface area contributed by atoms with Crippen LogP contribution < -0.4 is 0 Å². The first kappa shape index (κ1) is 15.3. The normalized spacial score (nSPS) is 21.5. The van der Waals surface area contributed by atoms with Crippen LogP contribution in [-0.4, -0.2) is 34.5 Å². The van der Waals surface area contributed by atoms with E-state index in [1.165, 1.54) is 0 Å². The molecule has 0 radical (unpaired) electrons. The third kappa shape index (κ3) is 2.71. The minimum absolute atomic E-state index is 0.0177. The highest BCUT2D eigenvalue weighted by molar-refractivity contribution is 7.17. The third-order valence-corrected chi connectivity index (χ3v) is 5.60. The Labute approximate surface area is 137 Å². The highest BCUT2D eigenvalue weighted by atomic mass is 35.5. The Kier molecular flexibility index (Phi) is 4.10. The molecule has 2 atom stereocenters. The van der Waals surface area contributed by atoms with Gasteiger partial charge in [-0.05, 0) is 47.9 Å². The second-order valence-corrected chi connectivity index (χ2v) is 6.99. The average Bonchev–Trinajstić information content (AvgIpc) is 3.03. The van der Waals surface area contributed by atoms with E-state index in [2.05, 4.69) is 0 Å². The molecule has 0 aliphatic carbocycles. The minimum atomic E-state index is -0.824. The van der Waals surface area contributed by atoms with E-state index in [1.54, 1.807) is 16.2 Å². The summed E-state index contributed by atoms with van der Waals surface area (Å²) in [5.74, 6) is -1.30. The second-order valence-electron chi connectivity index (χ2n) is 5.64. The van der Waals surface area contributed by atoms with E-state index in [-0.39, 0.29) is 18.4 Å². The van der Waals surface area contributed by atoms with Crippen LogP contribution in [0.1, 0.15) is 18.9 Å². The van der Waals surface area contributed by atoms with Gasteiger partial charge < -0.3 is 10.0 Å². The van der Waals surface area contributed by atoms with E-state index in [4.69, 9.17) is 16.7 Å². The van der Waals surface area contributed by atoms with Crippen LogP contribution in [0.5, 0.6) is 0 Å². The van der Waals surface area contributed by atoms with Crippen molar-refractivity contribution in [3.63, 3.8) is 0 Å². The highest BCUT2D eigenvalue weighted by Gasteiger charge is 2.37. The van der Waals surface area contributed by atoms with Crippen molar-refractivity contribution in [3.8, 4) is 0 Å². The predicted molar refractivity (Wildman–Crippen MR) is 87.5 cm³/mol. The highest BCUT2D eigenvalue weighted by Crippen LogP contribution is 2.30. The Morgan fingerprint density at radius 1 is 1.45 bits per heavy atom. The fraction of sp³-hybridized carbons (Fsp3) is 0.375. The fourth-order valence-corrected chi connectivity index (χ4v) is 4.19. The molecule has 2 unspecified atom stereocenters. The number of hydrogen-bond acceptors (Lipinski definition) is 3. The summed E-state index contributed by atoms with van der Waals surface area (Å²) in [6.07, 6.45) is 0.815.